The fourth-order valence-corrected chi connectivity index (χ4v) is 4.26. The van der Waals surface area contributed by atoms with Gasteiger partial charge in [0.05, 0.1) is 7.11 Å². The van der Waals surface area contributed by atoms with Gasteiger partial charge in [-0.15, -0.1) is 0 Å². The van der Waals surface area contributed by atoms with Crippen LogP contribution in [0.25, 0.3) is 0 Å². The molecule has 1 rings (SSSR count). The third-order valence-corrected chi connectivity index (χ3v) is 5.22. The van der Waals surface area contributed by atoms with Crippen LogP contribution in [0.1, 0.15) is 52.4 Å². The molecule has 0 bridgehead atoms. The number of methoxy groups -OCH3 is 1. The Morgan fingerprint density at radius 2 is 2.21 bits per heavy atom. The van der Waals surface area contributed by atoms with E-state index < -0.39 is 5.54 Å². The van der Waals surface area contributed by atoms with Crippen molar-refractivity contribution in [2.24, 2.45) is 5.92 Å². The monoisotopic (exact) mass is 287 g/mol. The first kappa shape index (κ1) is 16.8. The molecule has 0 aromatic heterocycles. The predicted molar refractivity (Wildman–Crippen MR) is 82.6 cm³/mol. The van der Waals surface area contributed by atoms with E-state index in [1.807, 2.05) is 11.8 Å². The first-order valence-corrected chi connectivity index (χ1v) is 8.78. The van der Waals surface area contributed by atoms with Gasteiger partial charge in [-0.1, -0.05) is 26.7 Å². The summed E-state index contributed by atoms with van der Waals surface area (Å²) in [5.41, 5.74) is -0.408. The maximum Gasteiger partial charge on any atom is 0.326 e. The number of likely N-dealkylation sites (N-methyl/N-ethyl adjacent to an activating group) is 1. The van der Waals surface area contributed by atoms with Gasteiger partial charge in [-0.25, -0.2) is 0 Å². The Morgan fingerprint density at radius 1 is 1.42 bits per heavy atom. The molecule has 3 nitrogen and oxygen atoms in total. The molecule has 1 aliphatic carbocycles. The summed E-state index contributed by atoms with van der Waals surface area (Å²) in [5, 5.41) is 3.43. The number of unbranched alkanes of at least 4 members (excludes halogenated alkanes) is 1. The fraction of sp³-hybridized carbons (Fsp3) is 0.933. The van der Waals surface area contributed by atoms with Gasteiger partial charge in [0.2, 0.25) is 0 Å². The van der Waals surface area contributed by atoms with Crippen molar-refractivity contribution in [1.29, 1.82) is 0 Å². The van der Waals surface area contributed by atoms with Crippen molar-refractivity contribution < 1.29 is 9.53 Å². The molecule has 112 valence electrons. The molecule has 0 saturated heterocycles. The van der Waals surface area contributed by atoms with Gasteiger partial charge in [-0.2, -0.15) is 11.8 Å². The predicted octanol–water partition coefficient (Wildman–Crippen LogP) is 3.23. The van der Waals surface area contributed by atoms with Gasteiger partial charge in [0.25, 0.3) is 0 Å². The minimum absolute atomic E-state index is 0.0598. The minimum Gasteiger partial charge on any atom is -0.468 e. The van der Waals surface area contributed by atoms with Crippen LogP contribution in [0.5, 0.6) is 0 Å². The zero-order valence-electron chi connectivity index (χ0n) is 12.7. The molecule has 0 aromatic rings. The molecule has 2 unspecified atom stereocenters. The molecule has 0 aromatic carbocycles. The normalized spacial score (nSPS) is 26.6. The van der Waals surface area contributed by atoms with Gasteiger partial charge >= 0.3 is 5.97 Å². The zero-order valence-corrected chi connectivity index (χ0v) is 13.5. The van der Waals surface area contributed by atoms with Crippen LogP contribution in [0.15, 0.2) is 0 Å². The maximum absolute atomic E-state index is 12.2. The van der Waals surface area contributed by atoms with Gasteiger partial charge in [0, 0.05) is 0 Å². The lowest BCUT2D eigenvalue weighted by Crippen LogP contribution is -2.55. The highest BCUT2D eigenvalue weighted by atomic mass is 32.2. The highest BCUT2D eigenvalue weighted by Crippen LogP contribution is 2.39. The third kappa shape index (κ3) is 4.38. The fourth-order valence-electron chi connectivity index (χ4n) is 3.11. The molecule has 0 aliphatic heterocycles. The Balaban J connectivity index is 2.51. The SMILES string of the molecule is CCCCSCCC1CCCC1(NCC)C(=O)OC. The van der Waals surface area contributed by atoms with E-state index >= 15 is 0 Å². The quantitative estimate of drug-likeness (QED) is 0.522. The molecule has 1 N–H and O–H groups in total. The second-order valence-electron chi connectivity index (χ2n) is 5.34. The summed E-state index contributed by atoms with van der Waals surface area (Å²) in [4.78, 5) is 12.2. The number of nitrogens with one attached hydrogen (secondary N) is 1. The van der Waals surface area contributed by atoms with E-state index in [4.69, 9.17) is 4.74 Å². The van der Waals surface area contributed by atoms with E-state index in [2.05, 4.69) is 19.2 Å². The van der Waals surface area contributed by atoms with Crippen LogP contribution in [0.3, 0.4) is 0 Å². The molecule has 4 heteroatoms. The van der Waals surface area contributed by atoms with E-state index in [9.17, 15) is 4.79 Å². The molecule has 19 heavy (non-hydrogen) atoms. The summed E-state index contributed by atoms with van der Waals surface area (Å²) in [7, 11) is 1.51. The standard InChI is InChI=1S/C15H29NO2S/c1-4-6-11-19-12-9-13-8-7-10-15(13,16-5-2)14(17)18-3/h13,16H,4-12H2,1-3H3. The van der Waals surface area contributed by atoms with Crippen LogP contribution in [0.4, 0.5) is 0 Å². The molecule has 1 fully saturated rings. The molecule has 0 spiro atoms. The highest BCUT2D eigenvalue weighted by molar-refractivity contribution is 7.99. The Kier molecular flexibility index (Phi) is 7.84. The summed E-state index contributed by atoms with van der Waals surface area (Å²) in [6, 6.07) is 0. The molecule has 0 radical (unpaired) electrons. The number of carbonyl (C=O) groups is 1. The number of esters is 1. The van der Waals surface area contributed by atoms with E-state index in [1.165, 1.54) is 25.7 Å². The van der Waals surface area contributed by atoms with Crippen LogP contribution in [0.2, 0.25) is 0 Å². The molecular formula is C15H29NO2S. The molecule has 1 saturated carbocycles. The van der Waals surface area contributed by atoms with Crippen molar-refractivity contribution in [3.63, 3.8) is 0 Å². The molecule has 0 amide bonds. The number of hydrogen-bond acceptors (Lipinski definition) is 4. The first-order chi connectivity index (χ1) is 9.21. The van der Waals surface area contributed by atoms with E-state index in [0.717, 1.165) is 38.0 Å². The Labute approximate surface area is 122 Å². The lowest BCUT2D eigenvalue weighted by atomic mass is 9.85. The average molecular weight is 287 g/mol. The van der Waals surface area contributed by atoms with Crippen LogP contribution in [0, 0.1) is 5.92 Å². The van der Waals surface area contributed by atoms with Crippen molar-refractivity contribution in [2.45, 2.75) is 57.9 Å². The number of carbonyl (C=O) groups excluding carboxylic acids is 1. The largest absolute Gasteiger partial charge is 0.468 e. The molecule has 0 heterocycles. The van der Waals surface area contributed by atoms with Crippen molar-refractivity contribution >= 4 is 17.7 Å². The smallest absolute Gasteiger partial charge is 0.326 e. The van der Waals surface area contributed by atoms with Gasteiger partial charge < -0.3 is 10.1 Å². The maximum atomic E-state index is 12.2. The summed E-state index contributed by atoms with van der Waals surface area (Å²) >= 11 is 2.02. The number of rotatable bonds is 9. The molecule has 2 atom stereocenters. The third-order valence-electron chi connectivity index (χ3n) is 4.12. The Hall–Kier alpha value is -0.220. The number of hydrogen-bond donors (Lipinski definition) is 1. The highest BCUT2D eigenvalue weighted by Gasteiger charge is 2.48. The summed E-state index contributed by atoms with van der Waals surface area (Å²) in [6.07, 6.45) is 6.89. The second-order valence-corrected chi connectivity index (χ2v) is 6.56. The van der Waals surface area contributed by atoms with Crippen LogP contribution < -0.4 is 5.32 Å². The summed E-state index contributed by atoms with van der Waals surface area (Å²) in [6.45, 7) is 5.12. The van der Waals surface area contributed by atoms with E-state index in [1.54, 1.807) is 0 Å². The minimum atomic E-state index is -0.408. The van der Waals surface area contributed by atoms with Crippen LogP contribution in [-0.4, -0.2) is 36.7 Å². The zero-order chi connectivity index (χ0) is 14.1. The van der Waals surface area contributed by atoms with Gasteiger partial charge in [-0.05, 0) is 49.7 Å². The lowest BCUT2D eigenvalue weighted by molar-refractivity contribution is -0.150. The van der Waals surface area contributed by atoms with Crippen molar-refractivity contribution in [2.75, 3.05) is 25.2 Å². The average Bonchev–Trinajstić information content (AvgIpc) is 2.82. The van der Waals surface area contributed by atoms with Crippen LogP contribution in [-0.2, 0) is 9.53 Å². The summed E-state index contributed by atoms with van der Waals surface area (Å²) < 4.78 is 5.06. The molecule has 1 aliphatic rings. The van der Waals surface area contributed by atoms with Crippen molar-refractivity contribution in [3.05, 3.63) is 0 Å². The number of thioether (sulfide) groups is 1. The van der Waals surface area contributed by atoms with E-state index in [-0.39, 0.29) is 5.97 Å². The van der Waals surface area contributed by atoms with Crippen molar-refractivity contribution in [1.82, 2.24) is 5.32 Å². The summed E-state index contributed by atoms with van der Waals surface area (Å²) in [5.74, 6) is 2.79. The Morgan fingerprint density at radius 3 is 2.84 bits per heavy atom. The number of ether oxygens (including phenoxy) is 1. The van der Waals surface area contributed by atoms with Gasteiger partial charge in [-0.3, -0.25) is 4.79 Å². The molecular weight excluding hydrogens is 258 g/mol. The Bertz CT molecular complexity index is 273. The topological polar surface area (TPSA) is 38.3 Å². The van der Waals surface area contributed by atoms with E-state index in [0.29, 0.717) is 5.92 Å². The first-order valence-electron chi connectivity index (χ1n) is 7.62. The van der Waals surface area contributed by atoms with Crippen molar-refractivity contribution in [3.8, 4) is 0 Å². The van der Waals surface area contributed by atoms with Crippen LogP contribution >= 0.6 is 11.8 Å². The lowest BCUT2D eigenvalue weighted by Gasteiger charge is -2.33. The second kappa shape index (κ2) is 8.85. The van der Waals surface area contributed by atoms with Gasteiger partial charge in [0.1, 0.15) is 5.54 Å². The van der Waals surface area contributed by atoms with Gasteiger partial charge in [0.15, 0.2) is 0 Å².